The maximum absolute atomic E-state index is 12.4. The van der Waals surface area contributed by atoms with E-state index in [0.29, 0.717) is 12.5 Å². The first-order valence-corrected chi connectivity index (χ1v) is 14.5. The fraction of sp³-hybridized carbons (Fsp3) is 0.833. The summed E-state index contributed by atoms with van der Waals surface area (Å²) in [6, 6.07) is 0. The van der Waals surface area contributed by atoms with E-state index in [9.17, 15) is 20.1 Å². The number of aliphatic hydroxyl groups excluding tert-OH is 2. The number of fused-ring (bicyclic) bond motifs is 5. The van der Waals surface area contributed by atoms with Gasteiger partial charge in [0.25, 0.3) is 0 Å². The first-order chi connectivity index (χ1) is 18.0. The van der Waals surface area contributed by atoms with Gasteiger partial charge in [0.1, 0.15) is 24.9 Å². The van der Waals surface area contributed by atoms with Crippen LogP contribution >= 0.6 is 0 Å². The number of rotatable bonds is 4. The van der Waals surface area contributed by atoms with E-state index in [1.165, 1.54) is 12.7 Å². The summed E-state index contributed by atoms with van der Waals surface area (Å²) >= 11 is 0. The van der Waals surface area contributed by atoms with E-state index >= 15 is 0 Å². The minimum Gasteiger partial charge on any atom is -0.458 e. The maximum Gasteiger partial charge on any atom is 0.331 e. The van der Waals surface area contributed by atoms with Crippen molar-refractivity contribution in [2.24, 2.45) is 28.6 Å². The zero-order valence-electron chi connectivity index (χ0n) is 23.1. The van der Waals surface area contributed by atoms with Gasteiger partial charge in [-0.1, -0.05) is 25.5 Å². The number of hydrogen-bond donors (Lipinski definition) is 3. The number of carbonyl (C=O) groups excluding carboxylic acids is 1. The Morgan fingerprint density at radius 1 is 1.03 bits per heavy atom. The molecule has 3 saturated carbocycles. The largest absolute Gasteiger partial charge is 0.458 e. The van der Waals surface area contributed by atoms with Crippen molar-refractivity contribution in [1.82, 2.24) is 0 Å². The highest BCUT2D eigenvalue weighted by atomic mass is 16.7. The number of esters is 1. The van der Waals surface area contributed by atoms with Crippen molar-refractivity contribution in [3.05, 3.63) is 23.3 Å². The highest BCUT2D eigenvalue weighted by Crippen LogP contribution is 2.69. The van der Waals surface area contributed by atoms with Crippen LogP contribution in [0, 0.1) is 28.6 Å². The van der Waals surface area contributed by atoms with Crippen LogP contribution in [0.1, 0.15) is 72.1 Å². The Hall–Kier alpha value is -1.29. The van der Waals surface area contributed by atoms with E-state index in [2.05, 4.69) is 19.9 Å². The molecule has 0 aromatic carbocycles. The Kier molecular flexibility index (Phi) is 6.64. The lowest BCUT2D eigenvalue weighted by Crippen LogP contribution is -2.61. The third kappa shape index (κ3) is 3.81. The van der Waals surface area contributed by atoms with Crippen molar-refractivity contribution in [1.29, 1.82) is 0 Å². The minimum absolute atomic E-state index is 0.00815. The number of carbonyl (C=O) groups is 1. The van der Waals surface area contributed by atoms with E-state index in [1.807, 2.05) is 0 Å². The molecule has 4 fully saturated rings. The smallest absolute Gasteiger partial charge is 0.331 e. The molecule has 0 radical (unpaired) electrons. The Morgan fingerprint density at radius 2 is 1.82 bits per heavy atom. The molecule has 212 valence electrons. The van der Waals surface area contributed by atoms with Crippen molar-refractivity contribution in [2.75, 3.05) is 13.7 Å². The van der Waals surface area contributed by atoms with E-state index in [-0.39, 0.29) is 34.7 Å². The van der Waals surface area contributed by atoms with Gasteiger partial charge in [-0.15, -0.1) is 0 Å². The van der Waals surface area contributed by atoms with Gasteiger partial charge in [0.15, 0.2) is 6.29 Å². The number of allylic oxidation sites excluding steroid dienone is 1. The van der Waals surface area contributed by atoms with Gasteiger partial charge in [0, 0.05) is 18.6 Å². The van der Waals surface area contributed by atoms with Crippen LogP contribution in [-0.4, -0.2) is 77.4 Å². The molecule has 8 heteroatoms. The van der Waals surface area contributed by atoms with Crippen molar-refractivity contribution in [3.63, 3.8) is 0 Å². The van der Waals surface area contributed by atoms with Crippen LogP contribution in [0.2, 0.25) is 0 Å². The molecule has 0 amide bonds. The summed E-state index contributed by atoms with van der Waals surface area (Å²) in [4.78, 5) is 11.8. The average Bonchev–Trinajstić information content (AvgIpc) is 3.43. The second-order valence-corrected chi connectivity index (χ2v) is 13.3. The monoisotopic (exact) mass is 532 g/mol. The zero-order valence-corrected chi connectivity index (χ0v) is 23.1. The van der Waals surface area contributed by atoms with Gasteiger partial charge in [0.05, 0.1) is 17.8 Å². The van der Waals surface area contributed by atoms with Crippen LogP contribution in [0.4, 0.5) is 0 Å². The molecule has 0 aromatic heterocycles. The minimum atomic E-state index is -1.06. The predicted octanol–water partition coefficient (Wildman–Crippen LogP) is 3.03. The van der Waals surface area contributed by atoms with Crippen LogP contribution in [0.5, 0.6) is 0 Å². The van der Waals surface area contributed by atoms with Gasteiger partial charge in [-0.25, -0.2) is 4.79 Å². The molecule has 12 unspecified atom stereocenters. The lowest BCUT2D eigenvalue weighted by atomic mass is 9.45. The number of hydrogen-bond acceptors (Lipinski definition) is 8. The Labute approximate surface area is 225 Å². The lowest BCUT2D eigenvalue weighted by Gasteiger charge is -2.62. The highest BCUT2D eigenvalue weighted by Gasteiger charge is 2.67. The van der Waals surface area contributed by atoms with Crippen molar-refractivity contribution in [3.8, 4) is 0 Å². The van der Waals surface area contributed by atoms with Crippen molar-refractivity contribution < 1.29 is 39.1 Å². The third-order valence-electron chi connectivity index (χ3n) is 11.8. The molecule has 2 heterocycles. The van der Waals surface area contributed by atoms with Gasteiger partial charge in [-0.3, -0.25) is 0 Å². The van der Waals surface area contributed by atoms with E-state index in [1.54, 1.807) is 13.0 Å². The summed E-state index contributed by atoms with van der Waals surface area (Å²) < 4.78 is 22.7. The number of ether oxygens (including phenoxy) is 4. The lowest BCUT2D eigenvalue weighted by molar-refractivity contribution is -0.304. The molecule has 2 aliphatic heterocycles. The predicted molar refractivity (Wildman–Crippen MR) is 138 cm³/mol. The summed E-state index contributed by atoms with van der Waals surface area (Å²) in [7, 11) is 1.48. The van der Waals surface area contributed by atoms with Crippen molar-refractivity contribution in [2.45, 2.75) is 115 Å². The molecule has 0 aromatic rings. The fourth-order valence-corrected chi connectivity index (χ4v) is 9.52. The van der Waals surface area contributed by atoms with Crippen LogP contribution in [0.25, 0.3) is 0 Å². The summed E-state index contributed by atoms with van der Waals surface area (Å²) in [6.07, 6.45) is 7.02. The molecule has 0 bridgehead atoms. The molecule has 3 N–H and O–H groups in total. The second kappa shape index (κ2) is 9.38. The molecule has 6 rings (SSSR count). The SMILES string of the molecule is COC1C(O)C(C)OC(OC2C=C3CCC4C(CCC5(C)C(C6=CC(=O)OC6)CCC45O)C3(C)CC2)C1O. The van der Waals surface area contributed by atoms with Gasteiger partial charge in [-0.2, -0.15) is 0 Å². The molecule has 4 aliphatic carbocycles. The fourth-order valence-electron chi connectivity index (χ4n) is 9.52. The van der Waals surface area contributed by atoms with E-state index in [4.69, 9.17) is 18.9 Å². The summed E-state index contributed by atoms with van der Waals surface area (Å²) in [6.45, 7) is 6.77. The van der Waals surface area contributed by atoms with E-state index < -0.39 is 36.3 Å². The second-order valence-electron chi connectivity index (χ2n) is 13.3. The quantitative estimate of drug-likeness (QED) is 0.374. The van der Waals surface area contributed by atoms with Crippen molar-refractivity contribution >= 4 is 5.97 Å². The summed E-state index contributed by atoms with van der Waals surface area (Å²) in [5, 5.41) is 33.4. The third-order valence-corrected chi connectivity index (χ3v) is 11.8. The molecule has 0 spiro atoms. The summed E-state index contributed by atoms with van der Waals surface area (Å²) in [5.74, 6) is 0.590. The zero-order chi connectivity index (χ0) is 27.0. The number of methoxy groups -OCH3 is 1. The molecule has 8 nitrogen and oxygen atoms in total. The highest BCUT2D eigenvalue weighted by molar-refractivity contribution is 5.85. The van der Waals surface area contributed by atoms with Gasteiger partial charge >= 0.3 is 5.97 Å². The Morgan fingerprint density at radius 3 is 2.53 bits per heavy atom. The maximum atomic E-state index is 12.4. The van der Waals surface area contributed by atoms with Crippen LogP contribution in [0.15, 0.2) is 23.3 Å². The van der Waals surface area contributed by atoms with Gasteiger partial charge in [-0.05, 0) is 87.0 Å². The standard InChI is InChI=1S/C30H44O8/c1-16-24(32)26(35-4)25(33)27(37-16)38-19-7-10-28(2)18(14-19)5-6-22-21(28)8-11-29(3)20(9-12-30(22,29)34)17-13-23(31)36-15-17/h13-14,16,19-22,24-27,32-34H,5-12,15H2,1-4H3. The molecular weight excluding hydrogens is 488 g/mol. The molecule has 38 heavy (non-hydrogen) atoms. The number of cyclic esters (lactones) is 1. The van der Waals surface area contributed by atoms with E-state index in [0.717, 1.165) is 56.9 Å². The molecular formula is C30H44O8. The molecule has 1 saturated heterocycles. The first-order valence-electron chi connectivity index (χ1n) is 14.5. The molecule has 12 atom stereocenters. The van der Waals surface area contributed by atoms with Gasteiger partial charge < -0.3 is 34.3 Å². The summed E-state index contributed by atoms with van der Waals surface area (Å²) in [5.41, 5.74) is 1.50. The average molecular weight is 533 g/mol. The first kappa shape index (κ1) is 26.9. The Balaban J connectivity index is 1.20. The molecule has 6 aliphatic rings. The van der Waals surface area contributed by atoms with Crippen LogP contribution in [0.3, 0.4) is 0 Å². The topological polar surface area (TPSA) is 115 Å². The van der Waals surface area contributed by atoms with Crippen LogP contribution in [-0.2, 0) is 23.7 Å². The van der Waals surface area contributed by atoms with Crippen LogP contribution < -0.4 is 0 Å². The normalized spacial score (nSPS) is 52.4. The Bertz CT molecular complexity index is 1020. The number of aliphatic hydroxyl groups is 3. The van der Waals surface area contributed by atoms with Gasteiger partial charge in [0.2, 0.25) is 0 Å².